The zero-order chi connectivity index (χ0) is 15.9. The van der Waals surface area contributed by atoms with Crippen molar-refractivity contribution in [3.05, 3.63) is 50.8 Å². The number of pyridine rings is 1. The fourth-order valence-electron chi connectivity index (χ4n) is 2.79. The lowest BCUT2D eigenvalue weighted by molar-refractivity contribution is 0.0945. The van der Waals surface area contributed by atoms with Crippen LogP contribution < -0.4 is 5.32 Å². The summed E-state index contributed by atoms with van der Waals surface area (Å²) in [5.74, 6) is -0.190. The van der Waals surface area contributed by atoms with Gasteiger partial charge >= 0.3 is 0 Å². The van der Waals surface area contributed by atoms with E-state index in [1.165, 1.54) is 0 Å². The predicted molar refractivity (Wildman–Crippen MR) is 86.4 cm³/mol. The lowest BCUT2D eigenvalue weighted by Crippen LogP contribution is -2.33. The van der Waals surface area contributed by atoms with Gasteiger partial charge < -0.3 is 10.4 Å². The van der Waals surface area contributed by atoms with Crippen molar-refractivity contribution in [2.24, 2.45) is 0 Å². The quantitative estimate of drug-likeness (QED) is 0.885. The zero-order valence-corrected chi connectivity index (χ0v) is 13.4. The van der Waals surface area contributed by atoms with Gasteiger partial charge in [-0.1, -0.05) is 29.3 Å². The average Bonchev–Trinajstić information content (AvgIpc) is 2.46. The van der Waals surface area contributed by atoms with Gasteiger partial charge in [0.05, 0.1) is 17.9 Å². The molecule has 2 heterocycles. The molecule has 1 aliphatic rings. The topological polar surface area (TPSA) is 62.2 Å². The average molecular weight is 337 g/mol. The summed E-state index contributed by atoms with van der Waals surface area (Å²) in [6.07, 6.45) is 0.659. The van der Waals surface area contributed by atoms with E-state index in [0.717, 1.165) is 5.69 Å². The van der Waals surface area contributed by atoms with Crippen LogP contribution in [0.4, 0.5) is 0 Å². The number of rotatable bonds is 2. The fraction of sp³-hybridized carbons (Fsp3) is 0.250. The van der Waals surface area contributed by atoms with Crippen molar-refractivity contribution >= 4 is 29.1 Å². The van der Waals surface area contributed by atoms with Gasteiger partial charge in [-0.3, -0.25) is 9.78 Å². The van der Waals surface area contributed by atoms with Crippen molar-refractivity contribution in [3.8, 4) is 11.1 Å². The van der Waals surface area contributed by atoms with E-state index in [1.807, 2.05) is 6.92 Å². The SMILES string of the molecule is Cc1nc2c(c(-c3ccc(Cl)cc3Cl)c1CO)C(=O)NCC2. The maximum Gasteiger partial charge on any atom is 0.253 e. The molecule has 0 fully saturated rings. The lowest BCUT2D eigenvalue weighted by atomic mass is 9.90. The van der Waals surface area contributed by atoms with Gasteiger partial charge in [0.25, 0.3) is 5.91 Å². The van der Waals surface area contributed by atoms with Gasteiger partial charge in [-0.2, -0.15) is 0 Å². The van der Waals surface area contributed by atoms with E-state index in [9.17, 15) is 9.90 Å². The van der Waals surface area contributed by atoms with E-state index >= 15 is 0 Å². The molecule has 1 amide bonds. The first-order valence-corrected chi connectivity index (χ1v) is 7.65. The Balaban J connectivity index is 2.38. The van der Waals surface area contributed by atoms with E-state index in [-0.39, 0.29) is 12.5 Å². The minimum Gasteiger partial charge on any atom is -0.392 e. The number of carbonyl (C=O) groups is 1. The summed E-state index contributed by atoms with van der Waals surface area (Å²) >= 11 is 12.3. The van der Waals surface area contributed by atoms with Crippen LogP contribution in [0.5, 0.6) is 0 Å². The smallest absolute Gasteiger partial charge is 0.253 e. The molecule has 3 rings (SSSR count). The minimum atomic E-state index is -0.215. The first kappa shape index (κ1) is 15.3. The molecule has 1 aromatic carbocycles. The summed E-state index contributed by atoms with van der Waals surface area (Å²) in [4.78, 5) is 16.8. The molecular formula is C16H14Cl2N2O2. The van der Waals surface area contributed by atoms with Gasteiger partial charge in [-0.15, -0.1) is 0 Å². The van der Waals surface area contributed by atoms with E-state index in [1.54, 1.807) is 18.2 Å². The van der Waals surface area contributed by atoms with Crippen molar-refractivity contribution in [2.75, 3.05) is 6.54 Å². The molecule has 0 atom stereocenters. The molecule has 0 saturated heterocycles. The van der Waals surface area contributed by atoms with Crippen molar-refractivity contribution in [3.63, 3.8) is 0 Å². The van der Waals surface area contributed by atoms with Crippen molar-refractivity contribution in [1.82, 2.24) is 10.3 Å². The number of nitrogens with one attached hydrogen (secondary N) is 1. The van der Waals surface area contributed by atoms with Crippen LogP contribution in [0.25, 0.3) is 11.1 Å². The Bertz CT molecular complexity index is 775. The Labute approximate surface area is 138 Å². The Morgan fingerprint density at radius 3 is 2.77 bits per heavy atom. The number of nitrogens with zero attached hydrogens (tertiary/aromatic N) is 1. The number of fused-ring (bicyclic) bond motifs is 1. The monoisotopic (exact) mass is 336 g/mol. The van der Waals surface area contributed by atoms with Gasteiger partial charge in [0.15, 0.2) is 0 Å². The number of benzene rings is 1. The van der Waals surface area contributed by atoms with Crippen LogP contribution >= 0.6 is 23.2 Å². The molecule has 1 aliphatic heterocycles. The Hall–Kier alpha value is -1.62. The molecule has 0 spiro atoms. The number of amides is 1. The van der Waals surface area contributed by atoms with Gasteiger partial charge in [0.2, 0.25) is 0 Å². The molecular weight excluding hydrogens is 323 g/mol. The number of halogens is 2. The number of aliphatic hydroxyl groups is 1. The van der Waals surface area contributed by atoms with Gasteiger partial charge in [0.1, 0.15) is 0 Å². The van der Waals surface area contributed by atoms with E-state index < -0.39 is 0 Å². The molecule has 6 heteroatoms. The van der Waals surface area contributed by atoms with Crippen LogP contribution in [0.2, 0.25) is 10.0 Å². The molecule has 0 unspecified atom stereocenters. The van der Waals surface area contributed by atoms with Crippen LogP contribution in [-0.4, -0.2) is 22.5 Å². The highest BCUT2D eigenvalue weighted by Gasteiger charge is 2.27. The molecule has 2 aromatic rings. The van der Waals surface area contributed by atoms with Crippen molar-refractivity contribution in [1.29, 1.82) is 0 Å². The summed E-state index contributed by atoms with van der Waals surface area (Å²) in [7, 11) is 0. The third-order valence-electron chi connectivity index (χ3n) is 3.81. The summed E-state index contributed by atoms with van der Waals surface area (Å²) < 4.78 is 0. The second kappa shape index (κ2) is 5.88. The third kappa shape index (κ3) is 2.47. The van der Waals surface area contributed by atoms with Crippen LogP contribution in [-0.2, 0) is 13.0 Å². The highest BCUT2D eigenvalue weighted by atomic mass is 35.5. The fourth-order valence-corrected chi connectivity index (χ4v) is 3.30. The van der Waals surface area contributed by atoms with Crippen molar-refractivity contribution < 1.29 is 9.90 Å². The second-order valence-electron chi connectivity index (χ2n) is 5.16. The third-order valence-corrected chi connectivity index (χ3v) is 4.36. The van der Waals surface area contributed by atoms with Crippen LogP contribution in [0.1, 0.15) is 27.3 Å². The standard InChI is InChI=1S/C16H14Cl2N2O2/c1-8-11(7-21)14(10-3-2-9(17)6-12(10)18)15-13(20-8)4-5-19-16(15)22/h2-3,6,21H,4-5,7H2,1H3,(H,19,22). The zero-order valence-electron chi connectivity index (χ0n) is 11.9. The Morgan fingerprint density at radius 1 is 1.32 bits per heavy atom. The van der Waals surface area contributed by atoms with E-state index in [4.69, 9.17) is 23.2 Å². The van der Waals surface area contributed by atoms with Crippen molar-refractivity contribution in [2.45, 2.75) is 20.0 Å². The largest absolute Gasteiger partial charge is 0.392 e. The van der Waals surface area contributed by atoms with Gasteiger partial charge in [-0.05, 0) is 19.1 Å². The summed E-state index contributed by atoms with van der Waals surface area (Å²) in [5.41, 5.74) is 3.86. The van der Waals surface area contributed by atoms with Crippen LogP contribution in [0.3, 0.4) is 0 Å². The number of aliphatic hydroxyl groups excluding tert-OH is 1. The maximum atomic E-state index is 12.3. The lowest BCUT2D eigenvalue weighted by Gasteiger charge is -2.23. The molecule has 0 bridgehead atoms. The van der Waals surface area contributed by atoms with Crippen LogP contribution in [0, 0.1) is 6.92 Å². The molecule has 4 nitrogen and oxygen atoms in total. The predicted octanol–water partition coefficient (Wildman–Crippen LogP) is 3.14. The van der Waals surface area contributed by atoms with Gasteiger partial charge in [-0.25, -0.2) is 0 Å². The highest BCUT2D eigenvalue weighted by Crippen LogP contribution is 2.37. The van der Waals surface area contributed by atoms with Crippen LogP contribution in [0.15, 0.2) is 18.2 Å². The number of aryl methyl sites for hydroxylation is 1. The maximum absolute atomic E-state index is 12.3. The second-order valence-corrected chi connectivity index (χ2v) is 6.00. The number of carbonyl (C=O) groups excluding carboxylic acids is 1. The first-order valence-electron chi connectivity index (χ1n) is 6.89. The molecule has 2 N–H and O–H groups in total. The number of hydrogen-bond acceptors (Lipinski definition) is 3. The molecule has 0 saturated carbocycles. The summed E-state index contributed by atoms with van der Waals surface area (Å²) in [6, 6.07) is 5.11. The first-order chi connectivity index (χ1) is 10.5. The summed E-state index contributed by atoms with van der Waals surface area (Å²) in [5, 5.41) is 13.5. The Morgan fingerprint density at radius 2 is 2.09 bits per heavy atom. The Kier molecular flexibility index (Phi) is 4.08. The molecule has 114 valence electrons. The van der Waals surface area contributed by atoms with Gasteiger partial charge in [0, 0.05) is 45.4 Å². The van der Waals surface area contributed by atoms with E-state index in [2.05, 4.69) is 10.3 Å². The molecule has 0 radical (unpaired) electrons. The number of hydrogen-bond donors (Lipinski definition) is 2. The van der Waals surface area contributed by atoms with E-state index in [0.29, 0.717) is 51.0 Å². The number of aromatic nitrogens is 1. The highest BCUT2D eigenvalue weighted by molar-refractivity contribution is 6.36. The molecule has 0 aliphatic carbocycles. The molecule has 1 aromatic heterocycles. The summed E-state index contributed by atoms with van der Waals surface area (Å²) in [6.45, 7) is 2.17. The molecule has 22 heavy (non-hydrogen) atoms. The minimum absolute atomic E-state index is 0.190. The normalized spacial score (nSPS) is 13.7.